The van der Waals surface area contributed by atoms with Crippen molar-refractivity contribution < 1.29 is 19.4 Å². The molecule has 0 heterocycles. The summed E-state index contributed by atoms with van der Waals surface area (Å²) in [5, 5.41) is 11.8. The number of hydrogen-bond acceptors (Lipinski definition) is 3. The summed E-state index contributed by atoms with van der Waals surface area (Å²) in [6.07, 6.45) is 0. The van der Waals surface area contributed by atoms with E-state index in [0.717, 1.165) is 5.56 Å². The van der Waals surface area contributed by atoms with E-state index in [1.807, 2.05) is 31.2 Å². The van der Waals surface area contributed by atoms with Crippen LogP contribution in [0, 0.1) is 6.92 Å². The lowest BCUT2D eigenvalue weighted by atomic mass is 10.1. The molecule has 5 nitrogen and oxygen atoms in total. The smallest absolute Gasteiger partial charge is 0.347 e. The van der Waals surface area contributed by atoms with Crippen LogP contribution in [-0.4, -0.2) is 22.6 Å². The van der Waals surface area contributed by atoms with Gasteiger partial charge in [0.25, 0.3) is 5.91 Å². The molecule has 0 radical (unpaired) electrons. The molecule has 0 fully saturated rings. The first-order valence-corrected chi connectivity index (χ1v) is 7.18. The van der Waals surface area contributed by atoms with Gasteiger partial charge in [0.05, 0.1) is 0 Å². The highest BCUT2D eigenvalue weighted by molar-refractivity contribution is 6.04. The Balaban J connectivity index is 2.05. The van der Waals surface area contributed by atoms with Crippen LogP contribution < -0.4 is 10.1 Å². The van der Waals surface area contributed by atoms with E-state index >= 15 is 0 Å². The van der Waals surface area contributed by atoms with Crippen molar-refractivity contribution in [2.75, 3.05) is 5.32 Å². The topological polar surface area (TPSA) is 75.6 Å². The highest BCUT2D eigenvalue weighted by atomic mass is 16.5. The molecule has 0 aromatic heterocycles. The lowest BCUT2D eigenvalue weighted by Gasteiger charge is -2.21. The number of carboxylic acid groups (broad SMARTS) is 1. The zero-order valence-corrected chi connectivity index (χ0v) is 13.3. The van der Waals surface area contributed by atoms with Gasteiger partial charge in [-0.2, -0.15) is 0 Å². The number of carbonyl (C=O) groups is 2. The minimum Gasteiger partial charge on any atom is -0.478 e. The van der Waals surface area contributed by atoms with Crippen LogP contribution in [0.2, 0.25) is 0 Å². The molecule has 23 heavy (non-hydrogen) atoms. The maximum absolute atomic E-state index is 12.2. The third kappa shape index (κ3) is 4.32. The molecule has 120 valence electrons. The molecule has 0 aliphatic carbocycles. The highest BCUT2D eigenvalue weighted by Crippen LogP contribution is 2.20. The number of benzene rings is 2. The number of carbonyl (C=O) groups excluding carboxylic acids is 1. The lowest BCUT2D eigenvalue weighted by Crippen LogP contribution is -2.37. The summed E-state index contributed by atoms with van der Waals surface area (Å²) in [5.74, 6) is -0.902. The quantitative estimate of drug-likeness (QED) is 0.886. The van der Waals surface area contributed by atoms with Gasteiger partial charge < -0.3 is 15.2 Å². The second-order valence-corrected chi connectivity index (χ2v) is 5.76. The van der Waals surface area contributed by atoms with Crippen molar-refractivity contribution in [3.05, 3.63) is 59.7 Å². The first kappa shape index (κ1) is 16.5. The Kier molecular flexibility index (Phi) is 4.69. The molecule has 0 saturated carbocycles. The monoisotopic (exact) mass is 313 g/mol. The first-order chi connectivity index (χ1) is 10.8. The molecular formula is C18H19NO4. The zero-order valence-electron chi connectivity index (χ0n) is 13.3. The number of rotatable bonds is 5. The second-order valence-electron chi connectivity index (χ2n) is 5.76. The molecule has 0 saturated heterocycles. The molecule has 2 N–H and O–H groups in total. The molecule has 0 aliphatic rings. The number of nitrogens with one attached hydrogen (secondary N) is 1. The van der Waals surface area contributed by atoms with Crippen LogP contribution in [0.3, 0.4) is 0 Å². The van der Waals surface area contributed by atoms with Gasteiger partial charge >= 0.3 is 5.97 Å². The van der Waals surface area contributed by atoms with Gasteiger partial charge in [0.1, 0.15) is 5.75 Å². The zero-order chi connectivity index (χ0) is 17.0. The van der Waals surface area contributed by atoms with E-state index in [1.54, 1.807) is 24.3 Å². The van der Waals surface area contributed by atoms with Crippen LogP contribution in [0.25, 0.3) is 0 Å². The van der Waals surface area contributed by atoms with Crippen molar-refractivity contribution in [3.63, 3.8) is 0 Å². The Morgan fingerprint density at radius 3 is 2.09 bits per heavy atom. The minimum absolute atomic E-state index is 0.238. The van der Waals surface area contributed by atoms with Crippen molar-refractivity contribution in [2.45, 2.75) is 26.4 Å². The molecule has 5 heteroatoms. The standard InChI is InChI=1S/C18H19NO4/c1-12-4-8-14(9-5-12)19-16(20)13-6-10-15(11-7-13)23-18(2,3)17(21)22/h4-11H,1-3H3,(H,19,20)(H,21,22). The summed E-state index contributed by atoms with van der Waals surface area (Å²) in [6.45, 7) is 4.91. The normalized spacial score (nSPS) is 10.9. The Labute approximate surface area is 134 Å². The van der Waals surface area contributed by atoms with Crippen LogP contribution in [-0.2, 0) is 4.79 Å². The van der Waals surface area contributed by atoms with Gasteiger partial charge in [-0.15, -0.1) is 0 Å². The summed E-state index contributed by atoms with van der Waals surface area (Å²) < 4.78 is 5.40. The van der Waals surface area contributed by atoms with E-state index in [4.69, 9.17) is 9.84 Å². The molecule has 0 unspecified atom stereocenters. The Bertz CT molecular complexity index is 703. The molecule has 1 amide bonds. The number of carboxylic acids is 1. The van der Waals surface area contributed by atoms with Crippen molar-refractivity contribution in [2.24, 2.45) is 0 Å². The number of aryl methyl sites for hydroxylation is 1. The number of amides is 1. The van der Waals surface area contributed by atoms with Crippen molar-refractivity contribution in [3.8, 4) is 5.75 Å². The molecular weight excluding hydrogens is 294 g/mol. The van der Waals surface area contributed by atoms with E-state index in [9.17, 15) is 9.59 Å². The highest BCUT2D eigenvalue weighted by Gasteiger charge is 2.29. The van der Waals surface area contributed by atoms with E-state index in [2.05, 4.69) is 5.32 Å². The van der Waals surface area contributed by atoms with Crippen LogP contribution in [0.15, 0.2) is 48.5 Å². The number of anilines is 1. The molecule has 0 bridgehead atoms. The lowest BCUT2D eigenvalue weighted by molar-refractivity contribution is -0.152. The number of hydrogen-bond donors (Lipinski definition) is 2. The third-order valence-electron chi connectivity index (χ3n) is 3.31. The predicted molar refractivity (Wildman–Crippen MR) is 87.9 cm³/mol. The van der Waals surface area contributed by atoms with E-state index < -0.39 is 11.6 Å². The number of aliphatic carboxylic acids is 1. The Hall–Kier alpha value is -2.82. The van der Waals surface area contributed by atoms with Gasteiger partial charge in [0.2, 0.25) is 0 Å². The van der Waals surface area contributed by atoms with Crippen LogP contribution in [0.1, 0.15) is 29.8 Å². The average Bonchev–Trinajstić information content (AvgIpc) is 2.49. The Morgan fingerprint density at radius 2 is 1.57 bits per heavy atom. The van der Waals surface area contributed by atoms with Crippen LogP contribution in [0.5, 0.6) is 5.75 Å². The average molecular weight is 313 g/mol. The fourth-order valence-corrected chi connectivity index (χ4v) is 1.85. The molecule has 0 atom stereocenters. The first-order valence-electron chi connectivity index (χ1n) is 7.18. The van der Waals surface area contributed by atoms with Gasteiger partial charge in [0, 0.05) is 11.3 Å². The van der Waals surface area contributed by atoms with Gasteiger partial charge in [-0.05, 0) is 57.2 Å². The van der Waals surface area contributed by atoms with Crippen molar-refractivity contribution >= 4 is 17.6 Å². The Morgan fingerprint density at radius 1 is 1.00 bits per heavy atom. The summed E-state index contributed by atoms with van der Waals surface area (Å²) in [6, 6.07) is 13.8. The fourth-order valence-electron chi connectivity index (χ4n) is 1.85. The summed E-state index contributed by atoms with van der Waals surface area (Å²) in [4.78, 5) is 23.2. The maximum atomic E-state index is 12.2. The van der Waals surface area contributed by atoms with E-state index in [-0.39, 0.29) is 5.91 Å². The van der Waals surface area contributed by atoms with Gasteiger partial charge in [-0.25, -0.2) is 4.79 Å². The fraction of sp³-hybridized carbons (Fsp3) is 0.222. The molecule has 2 aromatic carbocycles. The van der Waals surface area contributed by atoms with E-state index in [1.165, 1.54) is 13.8 Å². The SMILES string of the molecule is Cc1ccc(NC(=O)c2ccc(OC(C)(C)C(=O)O)cc2)cc1. The second kappa shape index (κ2) is 6.52. The third-order valence-corrected chi connectivity index (χ3v) is 3.31. The van der Waals surface area contributed by atoms with Crippen LogP contribution >= 0.6 is 0 Å². The molecule has 0 spiro atoms. The van der Waals surface area contributed by atoms with Crippen LogP contribution in [0.4, 0.5) is 5.69 Å². The molecule has 2 rings (SSSR count). The van der Waals surface area contributed by atoms with Gasteiger partial charge in [-0.3, -0.25) is 4.79 Å². The summed E-state index contributed by atoms with van der Waals surface area (Å²) >= 11 is 0. The largest absolute Gasteiger partial charge is 0.478 e. The van der Waals surface area contributed by atoms with Crippen molar-refractivity contribution in [1.82, 2.24) is 0 Å². The molecule has 2 aromatic rings. The predicted octanol–water partition coefficient (Wildman–Crippen LogP) is 3.49. The molecule has 0 aliphatic heterocycles. The summed E-state index contributed by atoms with van der Waals surface area (Å²) in [5.41, 5.74) is 0.968. The van der Waals surface area contributed by atoms with E-state index in [0.29, 0.717) is 17.0 Å². The number of ether oxygens (including phenoxy) is 1. The minimum atomic E-state index is -1.33. The van der Waals surface area contributed by atoms with Gasteiger partial charge in [-0.1, -0.05) is 17.7 Å². The maximum Gasteiger partial charge on any atom is 0.347 e. The summed E-state index contributed by atoms with van der Waals surface area (Å²) in [7, 11) is 0. The van der Waals surface area contributed by atoms with Gasteiger partial charge in [0.15, 0.2) is 5.60 Å². The van der Waals surface area contributed by atoms with Crippen molar-refractivity contribution in [1.29, 1.82) is 0 Å².